The van der Waals surface area contributed by atoms with Gasteiger partial charge in [-0.1, -0.05) is 6.92 Å². The van der Waals surface area contributed by atoms with Crippen LogP contribution in [0.4, 0.5) is 4.79 Å². The van der Waals surface area contributed by atoms with Crippen LogP contribution < -0.4 is 5.43 Å². The summed E-state index contributed by atoms with van der Waals surface area (Å²) in [6, 6.07) is 7.06. The fourth-order valence-electron chi connectivity index (χ4n) is 2.80. The predicted octanol–water partition coefficient (Wildman–Crippen LogP) is 4.10. The van der Waals surface area contributed by atoms with E-state index in [2.05, 4.69) is 28.0 Å². The monoisotopic (exact) mass is 484 g/mol. The quantitative estimate of drug-likeness (QED) is 0.302. The number of carbonyl (C=O) groups is 3. The molecule has 146 valence electrons. The molecule has 6 nitrogen and oxygen atoms in total. The third-order valence-electron chi connectivity index (χ3n) is 3.97. The Kier molecular flexibility index (Phi) is 6.67. The zero-order valence-electron chi connectivity index (χ0n) is 16.3. The molecule has 1 aliphatic rings. The van der Waals surface area contributed by atoms with E-state index in [0.717, 1.165) is 3.57 Å². The zero-order chi connectivity index (χ0) is 20.4. The highest BCUT2D eigenvalue weighted by molar-refractivity contribution is 14.1. The van der Waals surface area contributed by atoms with Gasteiger partial charge in [-0.15, -0.1) is 0 Å². The minimum absolute atomic E-state index is 0.0836. The topological polar surface area (TPSA) is 75.7 Å². The second-order valence-corrected chi connectivity index (χ2v) is 9.02. The van der Waals surface area contributed by atoms with Crippen LogP contribution in [-0.4, -0.2) is 35.3 Å². The minimum atomic E-state index is -0.642. The van der Waals surface area contributed by atoms with E-state index >= 15 is 0 Å². The summed E-state index contributed by atoms with van der Waals surface area (Å²) in [4.78, 5) is 37.8. The summed E-state index contributed by atoms with van der Waals surface area (Å²) in [7, 11) is 1.51. The Morgan fingerprint density at radius 2 is 1.78 bits per heavy atom. The molecule has 1 aliphatic carbocycles. The van der Waals surface area contributed by atoms with Gasteiger partial charge in [-0.2, -0.15) is 0 Å². The van der Waals surface area contributed by atoms with Gasteiger partial charge in [-0.3, -0.25) is 15.0 Å². The number of rotatable bonds is 4. The summed E-state index contributed by atoms with van der Waals surface area (Å²) in [6.07, 6.45) is 0.235. The highest BCUT2D eigenvalue weighted by atomic mass is 127. The van der Waals surface area contributed by atoms with Gasteiger partial charge in [-0.05, 0) is 80.0 Å². The van der Waals surface area contributed by atoms with Crippen molar-refractivity contribution >= 4 is 40.3 Å². The molecule has 0 saturated carbocycles. The number of allylic oxidation sites excluding steroid dienone is 2. The molecule has 1 amide bonds. The first kappa shape index (κ1) is 21.4. The first-order chi connectivity index (χ1) is 12.5. The Morgan fingerprint density at radius 1 is 1.19 bits per heavy atom. The van der Waals surface area contributed by atoms with Crippen molar-refractivity contribution in [3.8, 4) is 0 Å². The van der Waals surface area contributed by atoms with Gasteiger partial charge in [0, 0.05) is 28.3 Å². The number of hydrogen-bond acceptors (Lipinski definition) is 5. The molecule has 27 heavy (non-hydrogen) atoms. The molecule has 1 N–H and O–H groups in total. The predicted molar refractivity (Wildman–Crippen MR) is 111 cm³/mol. The van der Waals surface area contributed by atoms with Gasteiger partial charge in [0.25, 0.3) is 0 Å². The number of Topliss-reactive ketones (excluding diaryl/α,β-unsaturated/α-hetero) is 2. The van der Waals surface area contributed by atoms with Crippen molar-refractivity contribution in [2.24, 2.45) is 5.92 Å². The summed E-state index contributed by atoms with van der Waals surface area (Å²) in [6.45, 7) is 7.26. The highest BCUT2D eigenvalue weighted by Crippen LogP contribution is 2.28. The number of nitrogens with zero attached hydrogens (tertiary/aromatic N) is 1. The lowest BCUT2D eigenvalue weighted by molar-refractivity contribution is -0.116. The van der Waals surface area contributed by atoms with Crippen molar-refractivity contribution in [3.05, 3.63) is 44.7 Å². The first-order valence-electron chi connectivity index (χ1n) is 8.78. The van der Waals surface area contributed by atoms with Gasteiger partial charge in [0.2, 0.25) is 0 Å². The number of halogens is 1. The first-order valence-corrected chi connectivity index (χ1v) is 9.86. The number of nitrogens with one attached hydrogen (secondary N) is 1. The molecular formula is C20H25IN2O4. The fraction of sp³-hybridized carbons (Fsp3) is 0.450. The van der Waals surface area contributed by atoms with Crippen LogP contribution in [0.2, 0.25) is 0 Å². The number of carbonyl (C=O) groups excluding carboxylic acids is 3. The summed E-state index contributed by atoms with van der Waals surface area (Å²) in [5, 5.41) is 1.17. The smallest absolute Gasteiger partial charge is 0.428 e. The minimum Gasteiger partial charge on any atom is -0.442 e. The van der Waals surface area contributed by atoms with Crippen molar-refractivity contribution in [2.75, 3.05) is 7.05 Å². The van der Waals surface area contributed by atoms with E-state index in [0.29, 0.717) is 24.1 Å². The zero-order valence-corrected chi connectivity index (χ0v) is 18.4. The van der Waals surface area contributed by atoms with E-state index < -0.39 is 11.7 Å². The van der Waals surface area contributed by atoms with Crippen LogP contribution in [-0.2, 0) is 9.53 Å². The van der Waals surface area contributed by atoms with Crippen LogP contribution in [0.3, 0.4) is 0 Å². The van der Waals surface area contributed by atoms with E-state index in [4.69, 9.17) is 4.74 Å². The second-order valence-electron chi connectivity index (χ2n) is 7.78. The maximum absolute atomic E-state index is 13.0. The molecule has 1 aromatic carbocycles. The lowest BCUT2D eigenvalue weighted by Gasteiger charge is -2.30. The van der Waals surface area contributed by atoms with E-state index in [1.807, 2.05) is 19.1 Å². The molecule has 1 atom stereocenters. The second kappa shape index (κ2) is 8.41. The summed E-state index contributed by atoms with van der Waals surface area (Å²) in [5.74, 6) is -0.457. The third-order valence-corrected chi connectivity index (χ3v) is 4.69. The lowest BCUT2D eigenvalue weighted by Crippen LogP contribution is -2.44. The highest BCUT2D eigenvalue weighted by Gasteiger charge is 2.32. The van der Waals surface area contributed by atoms with Crippen LogP contribution >= 0.6 is 22.6 Å². The third kappa shape index (κ3) is 5.79. The molecule has 1 aromatic rings. The van der Waals surface area contributed by atoms with Crippen molar-refractivity contribution in [1.82, 2.24) is 10.4 Å². The number of hydrogen-bond donors (Lipinski definition) is 1. The number of ether oxygens (including phenoxy) is 1. The van der Waals surface area contributed by atoms with Crippen LogP contribution in [0.1, 0.15) is 50.9 Å². The number of hydrazine groups is 1. The van der Waals surface area contributed by atoms with E-state index in [1.165, 1.54) is 12.1 Å². The van der Waals surface area contributed by atoms with Crippen molar-refractivity contribution in [2.45, 2.75) is 46.1 Å². The molecule has 0 aromatic heterocycles. The van der Waals surface area contributed by atoms with Gasteiger partial charge in [-0.25, -0.2) is 9.80 Å². The van der Waals surface area contributed by atoms with Crippen LogP contribution in [0.5, 0.6) is 0 Å². The summed E-state index contributed by atoms with van der Waals surface area (Å²) in [5.41, 5.74) is 3.29. The van der Waals surface area contributed by atoms with Crippen LogP contribution in [0.15, 0.2) is 35.5 Å². The summed E-state index contributed by atoms with van der Waals surface area (Å²) >= 11 is 2.16. The molecule has 7 heteroatoms. The largest absolute Gasteiger partial charge is 0.442 e. The Morgan fingerprint density at radius 3 is 2.33 bits per heavy atom. The Labute approximate surface area is 173 Å². The van der Waals surface area contributed by atoms with Gasteiger partial charge in [0.15, 0.2) is 11.6 Å². The number of benzene rings is 1. The average Bonchev–Trinajstić information content (AvgIpc) is 2.53. The molecule has 0 spiro atoms. The molecule has 0 saturated heterocycles. The summed E-state index contributed by atoms with van der Waals surface area (Å²) < 4.78 is 6.32. The molecule has 0 bridgehead atoms. The lowest BCUT2D eigenvalue weighted by atomic mass is 9.84. The molecule has 0 radical (unpaired) electrons. The Bertz CT molecular complexity index is 778. The Hall–Kier alpha value is -1.90. The standard InChI is InChI=1S/C20H25IN2O4/c1-12-10-15(22-23(5)19(26)27-20(2,3)4)17(16(24)11-12)18(25)13-6-8-14(21)9-7-13/h6-9,12,22H,10-11H2,1-5H3. The van der Waals surface area contributed by atoms with E-state index in [1.54, 1.807) is 32.9 Å². The molecule has 2 rings (SSSR count). The van der Waals surface area contributed by atoms with Crippen molar-refractivity contribution < 1.29 is 19.1 Å². The van der Waals surface area contributed by atoms with Crippen LogP contribution in [0, 0.1) is 9.49 Å². The molecule has 1 unspecified atom stereocenters. The molecule has 0 aliphatic heterocycles. The molecule has 0 fully saturated rings. The SMILES string of the molecule is CC1CC(=O)C(C(=O)c2ccc(I)cc2)=C(NN(C)C(=O)OC(C)(C)C)C1. The van der Waals surface area contributed by atoms with Crippen molar-refractivity contribution in [1.29, 1.82) is 0 Å². The normalized spacial score (nSPS) is 17.6. The molecule has 0 heterocycles. The average molecular weight is 484 g/mol. The number of amides is 1. The van der Waals surface area contributed by atoms with Gasteiger partial charge < -0.3 is 4.74 Å². The Balaban J connectivity index is 2.33. The van der Waals surface area contributed by atoms with Gasteiger partial charge in [0.1, 0.15) is 5.60 Å². The maximum atomic E-state index is 13.0. The molecular weight excluding hydrogens is 459 g/mol. The van der Waals surface area contributed by atoms with Crippen LogP contribution in [0.25, 0.3) is 0 Å². The van der Waals surface area contributed by atoms with Gasteiger partial charge in [0.05, 0.1) is 5.57 Å². The van der Waals surface area contributed by atoms with Gasteiger partial charge >= 0.3 is 6.09 Å². The fourth-order valence-corrected chi connectivity index (χ4v) is 3.16. The van der Waals surface area contributed by atoms with E-state index in [9.17, 15) is 14.4 Å². The van der Waals surface area contributed by atoms with E-state index in [-0.39, 0.29) is 23.1 Å². The number of ketones is 2. The van der Waals surface area contributed by atoms with Crippen molar-refractivity contribution in [3.63, 3.8) is 0 Å². The maximum Gasteiger partial charge on any atom is 0.428 e.